The van der Waals surface area contributed by atoms with E-state index in [1.165, 1.54) is 11.8 Å². The molecule has 1 fully saturated rings. The van der Waals surface area contributed by atoms with Crippen LogP contribution >= 0.6 is 11.6 Å². The molecule has 1 aliphatic heterocycles. The van der Waals surface area contributed by atoms with Gasteiger partial charge < -0.3 is 10.6 Å². The Morgan fingerprint density at radius 3 is 2.65 bits per heavy atom. The van der Waals surface area contributed by atoms with Crippen LogP contribution < -0.4 is 11.1 Å². The molecule has 6 nitrogen and oxygen atoms in total. The molecule has 0 spiro atoms. The van der Waals surface area contributed by atoms with Gasteiger partial charge in [-0.1, -0.05) is 0 Å². The van der Waals surface area contributed by atoms with Crippen LogP contribution in [0.1, 0.15) is 19.8 Å². The summed E-state index contributed by atoms with van der Waals surface area (Å²) >= 11 is 5.53. The van der Waals surface area contributed by atoms with Gasteiger partial charge in [0, 0.05) is 13.1 Å². The molecule has 0 aromatic carbocycles. The number of likely N-dealkylation sites (tertiary alicyclic amines) is 1. The number of primary amides is 1. The predicted octanol–water partition coefficient (Wildman–Crippen LogP) is 0.0472. The largest absolute Gasteiger partial charge is 0.369 e. The SMILES string of the molecule is CC(Cl)C(=O)NC(=O)N1CCCC(C(N)=O)C1. The second-order valence-corrected chi connectivity index (χ2v) is 4.75. The van der Waals surface area contributed by atoms with Crippen molar-refractivity contribution in [3.63, 3.8) is 0 Å². The fraction of sp³-hybridized carbons (Fsp3) is 0.700. The quantitative estimate of drug-likeness (QED) is 0.688. The molecule has 17 heavy (non-hydrogen) atoms. The van der Waals surface area contributed by atoms with Gasteiger partial charge in [-0.15, -0.1) is 11.6 Å². The molecule has 2 atom stereocenters. The fourth-order valence-corrected chi connectivity index (χ4v) is 1.73. The number of nitrogens with one attached hydrogen (secondary N) is 1. The van der Waals surface area contributed by atoms with E-state index < -0.39 is 23.2 Å². The van der Waals surface area contributed by atoms with Gasteiger partial charge in [-0.25, -0.2) is 4.79 Å². The zero-order valence-corrected chi connectivity index (χ0v) is 10.4. The molecule has 1 aliphatic rings. The summed E-state index contributed by atoms with van der Waals surface area (Å²) in [4.78, 5) is 35.3. The minimum absolute atomic E-state index is 0.255. The van der Waals surface area contributed by atoms with Gasteiger partial charge >= 0.3 is 6.03 Å². The molecule has 0 aromatic rings. The van der Waals surface area contributed by atoms with Crippen LogP contribution in [0, 0.1) is 5.92 Å². The van der Waals surface area contributed by atoms with Gasteiger partial charge in [0.25, 0.3) is 0 Å². The number of hydrogen-bond acceptors (Lipinski definition) is 3. The van der Waals surface area contributed by atoms with Gasteiger partial charge in [-0.05, 0) is 19.8 Å². The summed E-state index contributed by atoms with van der Waals surface area (Å²) in [7, 11) is 0. The average Bonchev–Trinajstić information content (AvgIpc) is 2.28. The summed E-state index contributed by atoms with van der Waals surface area (Å²) in [6, 6.07) is -0.520. The van der Waals surface area contributed by atoms with E-state index in [-0.39, 0.29) is 12.5 Å². The predicted molar refractivity (Wildman–Crippen MR) is 62.3 cm³/mol. The molecule has 4 amide bonds. The van der Waals surface area contributed by atoms with Crippen LogP contribution in [0.5, 0.6) is 0 Å². The Bertz CT molecular complexity index is 333. The van der Waals surface area contributed by atoms with E-state index in [1.807, 2.05) is 0 Å². The number of halogens is 1. The average molecular weight is 262 g/mol. The summed E-state index contributed by atoms with van der Waals surface area (Å²) in [5.41, 5.74) is 5.19. The number of amides is 4. The molecule has 2 unspecified atom stereocenters. The van der Waals surface area contributed by atoms with Crippen molar-refractivity contribution in [1.29, 1.82) is 0 Å². The molecule has 7 heteroatoms. The maximum absolute atomic E-state index is 11.7. The van der Waals surface area contributed by atoms with Crippen molar-refractivity contribution >= 4 is 29.4 Å². The topological polar surface area (TPSA) is 92.5 Å². The summed E-state index contributed by atoms with van der Waals surface area (Å²) < 4.78 is 0. The Labute approximate surface area is 104 Å². The second kappa shape index (κ2) is 5.86. The Hall–Kier alpha value is -1.30. The minimum atomic E-state index is -0.768. The van der Waals surface area contributed by atoms with Gasteiger partial charge in [0.05, 0.1) is 5.92 Å². The molecule has 1 rings (SSSR count). The first-order valence-electron chi connectivity index (χ1n) is 5.45. The third kappa shape index (κ3) is 3.89. The van der Waals surface area contributed by atoms with Crippen LogP contribution in [-0.4, -0.2) is 41.2 Å². The number of hydrogen-bond donors (Lipinski definition) is 2. The summed E-state index contributed by atoms with van der Waals surface area (Å²) in [6.45, 7) is 2.25. The van der Waals surface area contributed by atoms with E-state index in [0.717, 1.165) is 0 Å². The minimum Gasteiger partial charge on any atom is -0.369 e. The first kappa shape index (κ1) is 13.8. The lowest BCUT2D eigenvalue weighted by Gasteiger charge is -2.31. The first-order chi connectivity index (χ1) is 7.91. The van der Waals surface area contributed by atoms with Gasteiger partial charge in [-0.2, -0.15) is 0 Å². The third-order valence-corrected chi connectivity index (χ3v) is 2.90. The zero-order valence-electron chi connectivity index (χ0n) is 9.61. The van der Waals surface area contributed by atoms with Crippen molar-refractivity contribution in [2.75, 3.05) is 13.1 Å². The standard InChI is InChI=1S/C10H16ClN3O3/c1-6(11)9(16)13-10(17)14-4-2-3-7(5-14)8(12)15/h6-7H,2-5H2,1H3,(H2,12,15)(H,13,16,17). The lowest BCUT2D eigenvalue weighted by molar-refractivity contribution is -0.123. The number of carbonyl (C=O) groups excluding carboxylic acids is 3. The lowest BCUT2D eigenvalue weighted by Crippen LogP contribution is -2.50. The highest BCUT2D eigenvalue weighted by atomic mass is 35.5. The van der Waals surface area contributed by atoms with Gasteiger partial charge in [0.2, 0.25) is 11.8 Å². The van der Waals surface area contributed by atoms with Gasteiger partial charge in [0.15, 0.2) is 0 Å². The van der Waals surface area contributed by atoms with Crippen LogP contribution in [0.15, 0.2) is 0 Å². The molecule has 3 N–H and O–H groups in total. The Morgan fingerprint density at radius 1 is 1.47 bits per heavy atom. The zero-order chi connectivity index (χ0) is 13.0. The van der Waals surface area contributed by atoms with E-state index in [9.17, 15) is 14.4 Å². The molecule has 1 heterocycles. The van der Waals surface area contributed by atoms with E-state index in [1.54, 1.807) is 0 Å². The molecular weight excluding hydrogens is 246 g/mol. The van der Waals surface area contributed by atoms with Crippen molar-refractivity contribution in [2.24, 2.45) is 11.7 Å². The number of alkyl halides is 1. The van der Waals surface area contributed by atoms with Crippen molar-refractivity contribution < 1.29 is 14.4 Å². The van der Waals surface area contributed by atoms with Gasteiger partial charge in [0.1, 0.15) is 5.38 Å². The van der Waals surface area contributed by atoms with E-state index >= 15 is 0 Å². The Kier molecular flexibility index (Phi) is 4.74. The molecule has 96 valence electrons. The number of imide groups is 1. The number of urea groups is 1. The molecule has 0 saturated carbocycles. The molecule has 0 aromatic heterocycles. The summed E-state index contributed by atoms with van der Waals surface area (Å²) in [6.07, 6.45) is 1.38. The highest BCUT2D eigenvalue weighted by Crippen LogP contribution is 2.15. The van der Waals surface area contributed by atoms with Crippen LogP contribution in [0.4, 0.5) is 4.79 Å². The fourth-order valence-electron chi connectivity index (χ4n) is 1.68. The maximum Gasteiger partial charge on any atom is 0.324 e. The summed E-state index contributed by atoms with van der Waals surface area (Å²) in [5.74, 6) is -1.30. The number of carbonyl (C=O) groups is 3. The number of piperidine rings is 1. The molecule has 1 saturated heterocycles. The van der Waals surface area contributed by atoms with Crippen molar-refractivity contribution in [2.45, 2.75) is 25.1 Å². The number of nitrogens with zero attached hydrogens (tertiary/aromatic N) is 1. The number of rotatable bonds is 2. The van der Waals surface area contributed by atoms with Crippen LogP contribution in [0.25, 0.3) is 0 Å². The van der Waals surface area contributed by atoms with Crippen molar-refractivity contribution in [3.05, 3.63) is 0 Å². The smallest absolute Gasteiger partial charge is 0.324 e. The van der Waals surface area contributed by atoms with Gasteiger partial charge in [-0.3, -0.25) is 14.9 Å². The highest BCUT2D eigenvalue weighted by molar-refractivity contribution is 6.31. The van der Waals surface area contributed by atoms with Crippen molar-refractivity contribution in [3.8, 4) is 0 Å². The molecule has 0 aliphatic carbocycles. The summed E-state index contributed by atoms with van der Waals surface area (Å²) in [5, 5.41) is 1.40. The molecule has 0 bridgehead atoms. The Morgan fingerprint density at radius 2 is 2.12 bits per heavy atom. The van der Waals surface area contributed by atoms with Crippen molar-refractivity contribution in [1.82, 2.24) is 10.2 Å². The van der Waals surface area contributed by atoms with E-state index in [0.29, 0.717) is 19.4 Å². The monoisotopic (exact) mass is 261 g/mol. The van der Waals surface area contributed by atoms with Crippen LogP contribution in [0.2, 0.25) is 0 Å². The van der Waals surface area contributed by atoms with E-state index in [2.05, 4.69) is 5.32 Å². The molecule has 0 radical (unpaired) electrons. The lowest BCUT2D eigenvalue weighted by atomic mass is 9.98. The second-order valence-electron chi connectivity index (χ2n) is 4.10. The maximum atomic E-state index is 11.7. The first-order valence-corrected chi connectivity index (χ1v) is 5.88. The normalized spacial score (nSPS) is 21.8. The van der Waals surface area contributed by atoms with Crippen LogP contribution in [0.3, 0.4) is 0 Å². The van der Waals surface area contributed by atoms with Crippen LogP contribution in [-0.2, 0) is 9.59 Å². The third-order valence-electron chi connectivity index (χ3n) is 2.70. The Balaban J connectivity index is 2.52. The van der Waals surface area contributed by atoms with E-state index in [4.69, 9.17) is 17.3 Å². The molecular formula is C10H16ClN3O3. The highest BCUT2D eigenvalue weighted by Gasteiger charge is 2.28. The number of nitrogens with two attached hydrogens (primary N) is 1.